The van der Waals surface area contributed by atoms with Gasteiger partial charge in [0.25, 0.3) is 11.8 Å². The average Bonchev–Trinajstić information content (AvgIpc) is 3.39. The van der Waals surface area contributed by atoms with Crippen LogP contribution in [-0.4, -0.2) is 160 Å². The highest BCUT2D eigenvalue weighted by molar-refractivity contribution is 6.01. The van der Waals surface area contributed by atoms with Crippen LogP contribution in [0.1, 0.15) is 58.3 Å². The Morgan fingerprint density at radius 2 is 1.24 bits per heavy atom. The molecule has 2 rings (SSSR count). The number of rotatable bonds is 28. The van der Waals surface area contributed by atoms with Crippen LogP contribution in [0.5, 0.6) is 0 Å². The lowest BCUT2D eigenvalue weighted by molar-refractivity contribution is -0.294. The first-order chi connectivity index (χ1) is 23.6. The third-order valence-corrected chi connectivity index (χ3v) is 7.26. The number of nitrogens with zero attached hydrogens (tertiary/aromatic N) is 1. The van der Waals surface area contributed by atoms with Gasteiger partial charge in [0.2, 0.25) is 5.91 Å². The molecule has 0 aromatic rings. The molecule has 282 valence electrons. The maximum atomic E-state index is 11.9. The summed E-state index contributed by atoms with van der Waals surface area (Å²) in [5.74, 6) is -1.98. The smallest absolute Gasteiger partial charge is 0.333 e. The number of ketones is 1. The van der Waals surface area contributed by atoms with Crippen molar-refractivity contribution in [3.05, 3.63) is 0 Å². The van der Waals surface area contributed by atoms with Gasteiger partial charge >= 0.3 is 5.97 Å². The third kappa shape index (κ3) is 18.2. The van der Waals surface area contributed by atoms with Gasteiger partial charge in [-0.25, -0.2) is 4.79 Å². The first kappa shape index (κ1) is 42.5. The van der Waals surface area contributed by atoms with Crippen LogP contribution in [0, 0.1) is 0 Å². The van der Waals surface area contributed by atoms with Crippen LogP contribution in [0.25, 0.3) is 0 Å². The fourth-order valence-electron chi connectivity index (χ4n) is 4.49. The number of hydrogen-bond donors (Lipinski definition) is 4. The van der Waals surface area contributed by atoms with E-state index in [0.717, 1.165) is 0 Å². The number of hydroxylamine groups is 2. The zero-order chi connectivity index (χ0) is 35.9. The predicted octanol–water partition coefficient (Wildman–Crippen LogP) is -1.45. The van der Waals surface area contributed by atoms with Gasteiger partial charge in [-0.2, -0.15) is 0 Å². The fourth-order valence-corrected chi connectivity index (χ4v) is 4.49. The molecule has 18 nitrogen and oxygen atoms in total. The molecule has 5 atom stereocenters. The maximum absolute atomic E-state index is 11.9. The Morgan fingerprint density at radius 1 is 0.694 bits per heavy atom. The second-order valence-corrected chi connectivity index (χ2v) is 11.3. The minimum Gasteiger partial charge on any atom is -0.388 e. The van der Waals surface area contributed by atoms with E-state index in [9.17, 15) is 39.3 Å². The molecule has 0 aromatic heterocycles. The molecule has 0 spiro atoms. The Morgan fingerprint density at radius 3 is 1.90 bits per heavy atom. The Hall–Kier alpha value is -2.65. The standard InChI is InChI=1S/C31H52N2O16/c1-22-28(39)29(40)30(41)31(48-22)47-21-20-44-13-10-32-24(35)9-12-43-15-17-46-19-18-45-16-14-42-11-3-5-23(34)4-2-6-27(38)49-33-25(36)7-8-26(33)37/h22,28-31,39-41H,2-21H2,1H3,(H,32,35)/t22-,28-,29+,30+,31+/m0/s1. The second-order valence-electron chi connectivity index (χ2n) is 11.3. The van der Waals surface area contributed by atoms with Crippen molar-refractivity contribution in [2.75, 3.05) is 79.2 Å². The largest absolute Gasteiger partial charge is 0.388 e. The summed E-state index contributed by atoms with van der Waals surface area (Å²) in [6.07, 6.45) is -4.14. The quantitative estimate of drug-likeness (QED) is 0.0537. The number of Topliss-reactive ketones (excluding diaryl/α,β-unsaturated/α-hetero) is 1. The van der Waals surface area contributed by atoms with E-state index in [-0.39, 0.29) is 76.6 Å². The number of ether oxygens (including phenoxy) is 7. The topological polar surface area (TPSA) is 235 Å². The minimum atomic E-state index is -1.37. The van der Waals surface area contributed by atoms with Gasteiger partial charge in [-0.05, 0) is 19.8 Å². The summed E-state index contributed by atoms with van der Waals surface area (Å²) in [7, 11) is 0. The highest BCUT2D eigenvalue weighted by atomic mass is 16.7. The van der Waals surface area contributed by atoms with Gasteiger partial charge in [-0.3, -0.25) is 19.2 Å². The van der Waals surface area contributed by atoms with E-state index in [0.29, 0.717) is 70.7 Å². The van der Waals surface area contributed by atoms with Gasteiger partial charge in [-0.1, -0.05) is 0 Å². The number of carbonyl (C=O) groups excluding carboxylic acids is 5. The van der Waals surface area contributed by atoms with Gasteiger partial charge in [0.05, 0.1) is 72.2 Å². The Kier molecular flexibility index (Phi) is 22.0. The van der Waals surface area contributed by atoms with Crippen LogP contribution in [0.2, 0.25) is 0 Å². The summed E-state index contributed by atoms with van der Waals surface area (Å²) in [6, 6.07) is 0. The van der Waals surface area contributed by atoms with Gasteiger partial charge in [-0.15, -0.1) is 5.06 Å². The van der Waals surface area contributed by atoms with E-state index in [4.69, 9.17) is 38.0 Å². The number of carbonyl (C=O) groups is 5. The number of aliphatic hydroxyl groups is 3. The lowest BCUT2D eigenvalue weighted by Gasteiger charge is -2.38. The Balaban J connectivity index is 1.26. The molecule has 49 heavy (non-hydrogen) atoms. The SMILES string of the molecule is C[C@@H]1O[C@@H](OCCOCCNC(=O)CCOCCOCCOCCOCCCC(=O)CCCC(=O)ON2C(=O)CCC2=O)[C@H](O)[C@H](O)[C@H]1O. The second kappa shape index (κ2) is 25.3. The predicted molar refractivity (Wildman–Crippen MR) is 165 cm³/mol. The summed E-state index contributed by atoms with van der Waals surface area (Å²) in [6.45, 7) is 5.23. The fraction of sp³-hybridized carbons (Fsp3) is 0.839. The first-order valence-electron chi connectivity index (χ1n) is 16.6. The van der Waals surface area contributed by atoms with Crippen molar-refractivity contribution in [2.24, 2.45) is 0 Å². The van der Waals surface area contributed by atoms with E-state index < -0.39 is 48.5 Å². The van der Waals surface area contributed by atoms with Gasteiger partial charge in [0, 0.05) is 51.7 Å². The molecule has 4 N–H and O–H groups in total. The molecule has 0 saturated carbocycles. The monoisotopic (exact) mass is 708 g/mol. The van der Waals surface area contributed by atoms with Gasteiger partial charge in [0.15, 0.2) is 6.29 Å². The number of hydrogen-bond acceptors (Lipinski definition) is 16. The zero-order valence-electron chi connectivity index (χ0n) is 28.1. The van der Waals surface area contributed by atoms with Crippen molar-refractivity contribution in [1.82, 2.24) is 10.4 Å². The average molecular weight is 709 g/mol. The van der Waals surface area contributed by atoms with Crippen LogP contribution < -0.4 is 5.32 Å². The van der Waals surface area contributed by atoms with Crippen molar-refractivity contribution in [2.45, 2.75) is 89.0 Å². The van der Waals surface area contributed by atoms with Crippen LogP contribution in [-0.2, 0) is 62.0 Å². The van der Waals surface area contributed by atoms with Gasteiger partial charge in [0.1, 0.15) is 24.1 Å². The molecule has 2 saturated heterocycles. The van der Waals surface area contributed by atoms with E-state index >= 15 is 0 Å². The maximum Gasteiger partial charge on any atom is 0.333 e. The number of imide groups is 1. The van der Waals surface area contributed by atoms with Crippen molar-refractivity contribution >= 4 is 29.5 Å². The molecule has 0 aromatic carbocycles. The summed E-state index contributed by atoms with van der Waals surface area (Å²) >= 11 is 0. The number of amides is 3. The summed E-state index contributed by atoms with van der Waals surface area (Å²) in [5.41, 5.74) is 0. The highest BCUT2D eigenvalue weighted by Crippen LogP contribution is 2.21. The highest BCUT2D eigenvalue weighted by Gasteiger charge is 2.42. The van der Waals surface area contributed by atoms with Crippen LogP contribution >= 0.6 is 0 Å². The number of aliphatic hydroxyl groups excluding tert-OH is 3. The molecule has 2 aliphatic rings. The molecule has 2 heterocycles. The zero-order valence-corrected chi connectivity index (χ0v) is 28.1. The molecule has 0 radical (unpaired) electrons. The van der Waals surface area contributed by atoms with Crippen molar-refractivity contribution in [1.29, 1.82) is 0 Å². The Bertz CT molecular complexity index is 985. The van der Waals surface area contributed by atoms with Crippen molar-refractivity contribution in [3.8, 4) is 0 Å². The summed E-state index contributed by atoms with van der Waals surface area (Å²) in [5, 5.41) is 32.5. The van der Waals surface area contributed by atoms with E-state index in [2.05, 4.69) is 5.32 Å². The molecule has 2 aliphatic heterocycles. The van der Waals surface area contributed by atoms with Crippen molar-refractivity contribution in [3.63, 3.8) is 0 Å². The van der Waals surface area contributed by atoms with Crippen molar-refractivity contribution < 1.29 is 77.3 Å². The molecule has 0 bridgehead atoms. The molecule has 3 amide bonds. The summed E-state index contributed by atoms with van der Waals surface area (Å²) in [4.78, 5) is 63.2. The molecule has 18 heteroatoms. The van der Waals surface area contributed by atoms with E-state index in [1.165, 1.54) is 0 Å². The van der Waals surface area contributed by atoms with Crippen LogP contribution in [0.15, 0.2) is 0 Å². The lowest BCUT2D eigenvalue weighted by Crippen LogP contribution is -2.57. The van der Waals surface area contributed by atoms with E-state index in [1.807, 2.05) is 0 Å². The molecular weight excluding hydrogens is 656 g/mol. The number of nitrogens with one attached hydrogen (secondary N) is 1. The van der Waals surface area contributed by atoms with Crippen LogP contribution in [0.3, 0.4) is 0 Å². The minimum absolute atomic E-state index is 0.0123. The van der Waals surface area contributed by atoms with Crippen LogP contribution in [0.4, 0.5) is 0 Å². The Labute approximate surface area is 285 Å². The molecule has 0 unspecified atom stereocenters. The molecule has 2 fully saturated rings. The van der Waals surface area contributed by atoms with Gasteiger partial charge < -0.3 is 58.6 Å². The first-order valence-corrected chi connectivity index (χ1v) is 16.6. The molecule has 0 aliphatic carbocycles. The molecular formula is C31H52N2O16. The third-order valence-electron chi connectivity index (χ3n) is 7.26. The van der Waals surface area contributed by atoms with E-state index in [1.54, 1.807) is 6.92 Å². The summed E-state index contributed by atoms with van der Waals surface area (Å²) < 4.78 is 37.7. The normalized spacial score (nSPS) is 22.4. The lowest BCUT2D eigenvalue weighted by atomic mass is 10.0.